The molecule has 2 aromatic carbocycles. The number of carbonyl (C=O) groups excluding carboxylic acids is 2. The van der Waals surface area contributed by atoms with Gasteiger partial charge in [0.15, 0.2) is 0 Å². The summed E-state index contributed by atoms with van der Waals surface area (Å²) in [5.41, 5.74) is 4.53. The second kappa shape index (κ2) is 10.9. The SMILES string of the molecule is COC(CNC(=O)OCC1c2ccccc2-c2ccccc21)CC(=O)N1CC(OC)CC1C(=O)O. The summed E-state index contributed by atoms with van der Waals surface area (Å²) < 4.78 is 16.1. The molecule has 1 heterocycles. The van der Waals surface area contributed by atoms with Crippen molar-refractivity contribution in [1.82, 2.24) is 10.2 Å². The van der Waals surface area contributed by atoms with Crippen LogP contribution in [0.15, 0.2) is 48.5 Å². The van der Waals surface area contributed by atoms with Gasteiger partial charge in [-0.1, -0.05) is 48.5 Å². The van der Waals surface area contributed by atoms with Gasteiger partial charge in [0.1, 0.15) is 12.6 Å². The van der Waals surface area contributed by atoms with Crippen molar-refractivity contribution in [1.29, 1.82) is 0 Å². The number of nitrogens with zero attached hydrogens (tertiary/aromatic N) is 1. The summed E-state index contributed by atoms with van der Waals surface area (Å²) in [4.78, 5) is 38.0. The molecule has 1 fully saturated rings. The van der Waals surface area contributed by atoms with Crippen LogP contribution in [0, 0.1) is 0 Å². The van der Waals surface area contributed by atoms with E-state index in [-0.39, 0.29) is 50.5 Å². The molecule has 2 N–H and O–H groups in total. The molecule has 2 aromatic rings. The number of carboxylic acid groups (broad SMARTS) is 1. The number of methoxy groups -OCH3 is 2. The molecule has 2 aliphatic rings. The van der Waals surface area contributed by atoms with Gasteiger partial charge in [0.2, 0.25) is 5.91 Å². The van der Waals surface area contributed by atoms with Gasteiger partial charge >= 0.3 is 12.1 Å². The van der Waals surface area contributed by atoms with Crippen molar-refractivity contribution < 1.29 is 33.7 Å². The van der Waals surface area contributed by atoms with Crippen LogP contribution in [0.4, 0.5) is 4.79 Å². The van der Waals surface area contributed by atoms with E-state index in [9.17, 15) is 19.5 Å². The molecular weight excluding hydrogens is 452 g/mol. The van der Waals surface area contributed by atoms with Gasteiger partial charge in [0.25, 0.3) is 0 Å². The van der Waals surface area contributed by atoms with Gasteiger partial charge in [-0.25, -0.2) is 9.59 Å². The van der Waals surface area contributed by atoms with Crippen molar-refractivity contribution in [2.24, 2.45) is 0 Å². The molecule has 3 atom stereocenters. The standard InChI is InChI=1S/C26H30N2O7/c1-33-16(12-24(29)28-14-17(34-2)11-23(28)25(30)31)13-27-26(32)35-15-22-20-9-5-3-7-18(20)19-8-4-6-10-21(19)22/h3-10,16-17,22-23H,11-15H2,1-2H3,(H,27,32)(H,30,31). The zero-order valence-corrected chi connectivity index (χ0v) is 19.8. The van der Waals surface area contributed by atoms with Crippen molar-refractivity contribution in [3.05, 3.63) is 59.7 Å². The first-order valence-corrected chi connectivity index (χ1v) is 11.6. The molecule has 1 saturated heterocycles. The van der Waals surface area contributed by atoms with Crippen LogP contribution in [0.25, 0.3) is 11.1 Å². The molecule has 2 amide bonds. The topological polar surface area (TPSA) is 114 Å². The zero-order valence-electron chi connectivity index (χ0n) is 19.8. The molecule has 0 spiro atoms. The van der Waals surface area contributed by atoms with Crippen molar-refractivity contribution in [2.75, 3.05) is 33.9 Å². The molecule has 35 heavy (non-hydrogen) atoms. The predicted octanol–water partition coefficient (Wildman–Crippen LogP) is 2.63. The molecule has 9 heteroatoms. The second-order valence-electron chi connectivity index (χ2n) is 8.76. The minimum absolute atomic E-state index is 0.0511. The van der Waals surface area contributed by atoms with E-state index in [2.05, 4.69) is 17.4 Å². The molecule has 4 rings (SSSR count). The van der Waals surface area contributed by atoms with Gasteiger partial charge < -0.3 is 29.5 Å². The number of alkyl carbamates (subject to hydrolysis) is 1. The number of amides is 2. The first kappa shape index (κ1) is 24.7. The number of fused-ring (bicyclic) bond motifs is 3. The highest BCUT2D eigenvalue weighted by Gasteiger charge is 2.40. The Bertz CT molecular complexity index is 1040. The van der Waals surface area contributed by atoms with E-state index in [1.807, 2.05) is 36.4 Å². The Hall–Kier alpha value is -3.43. The summed E-state index contributed by atoms with van der Waals surface area (Å²) in [5, 5.41) is 12.1. The molecule has 1 aliphatic carbocycles. The minimum atomic E-state index is -1.07. The van der Waals surface area contributed by atoms with Gasteiger partial charge in [-0.2, -0.15) is 0 Å². The summed E-state index contributed by atoms with van der Waals surface area (Å²) in [6.07, 6.45) is -1.38. The Morgan fingerprint density at radius 3 is 2.26 bits per heavy atom. The Balaban J connectivity index is 1.30. The number of ether oxygens (including phenoxy) is 3. The molecule has 1 aliphatic heterocycles. The first-order chi connectivity index (χ1) is 16.9. The smallest absolute Gasteiger partial charge is 0.407 e. The summed E-state index contributed by atoms with van der Waals surface area (Å²) >= 11 is 0. The highest BCUT2D eigenvalue weighted by atomic mass is 16.5. The minimum Gasteiger partial charge on any atom is -0.480 e. The van der Waals surface area contributed by atoms with E-state index in [1.54, 1.807) is 0 Å². The van der Waals surface area contributed by atoms with E-state index < -0.39 is 24.2 Å². The van der Waals surface area contributed by atoms with Crippen LogP contribution in [0.3, 0.4) is 0 Å². The highest BCUT2D eigenvalue weighted by molar-refractivity contribution is 5.85. The van der Waals surface area contributed by atoms with Crippen molar-refractivity contribution in [2.45, 2.75) is 37.0 Å². The van der Waals surface area contributed by atoms with E-state index in [4.69, 9.17) is 14.2 Å². The molecule has 9 nitrogen and oxygen atoms in total. The van der Waals surface area contributed by atoms with Gasteiger partial charge in [0, 0.05) is 39.6 Å². The lowest BCUT2D eigenvalue weighted by molar-refractivity contribution is -0.149. The Labute approximate surface area is 204 Å². The number of nitrogens with one attached hydrogen (secondary N) is 1. The largest absolute Gasteiger partial charge is 0.480 e. The third kappa shape index (κ3) is 5.31. The molecular formula is C26H30N2O7. The van der Waals surface area contributed by atoms with Crippen molar-refractivity contribution in [3.63, 3.8) is 0 Å². The molecule has 0 aromatic heterocycles. The molecule has 186 valence electrons. The van der Waals surface area contributed by atoms with Crippen LogP contribution in [0.2, 0.25) is 0 Å². The maximum absolute atomic E-state index is 12.8. The number of likely N-dealkylation sites (tertiary alicyclic amines) is 1. The molecule has 3 unspecified atom stereocenters. The lowest BCUT2D eigenvalue weighted by Gasteiger charge is -2.24. The van der Waals surface area contributed by atoms with Gasteiger partial charge in [-0.3, -0.25) is 4.79 Å². The number of hydrogen-bond donors (Lipinski definition) is 2. The summed E-state index contributed by atoms with van der Waals surface area (Å²) in [5.74, 6) is -1.48. The second-order valence-corrected chi connectivity index (χ2v) is 8.76. The van der Waals surface area contributed by atoms with Gasteiger partial charge in [-0.15, -0.1) is 0 Å². The molecule has 0 saturated carbocycles. The number of rotatable bonds is 9. The monoisotopic (exact) mass is 482 g/mol. The maximum atomic E-state index is 12.8. The Kier molecular flexibility index (Phi) is 7.67. The highest BCUT2D eigenvalue weighted by Crippen LogP contribution is 2.44. The number of aliphatic carboxylic acids is 1. The Morgan fingerprint density at radius 2 is 1.69 bits per heavy atom. The normalized spacial score (nSPS) is 19.7. The van der Waals surface area contributed by atoms with Gasteiger partial charge in [-0.05, 0) is 22.3 Å². The predicted molar refractivity (Wildman–Crippen MR) is 127 cm³/mol. The number of hydrogen-bond acceptors (Lipinski definition) is 6. The number of benzene rings is 2. The van der Waals surface area contributed by atoms with Gasteiger partial charge in [0.05, 0.1) is 18.6 Å². The van der Waals surface area contributed by atoms with Crippen LogP contribution in [-0.4, -0.2) is 80.1 Å². The lowest BCUT2D eigenvalue weighted by atomic mass is 9.98. The number of carboxylic acids is 1. The fourth-order valence-corrected chi connectivity index (χ4v) is 4.88. The summed E-state index contributed by atoms with van der Waals surface area (Å²) in [7, 11) is 2.93. The third-order valence-corrected chi connectivity index (χ3v) is 6.75. The van der Waals surface area contributed by atoms with E-state index in [0.29, 0.717) is 0 Å². The average molecular weight is 483 g/mol. The zero-order chi connectivity index (χ0) is 24.9. The van der Waals surface area contributed by atoms with Crippen LogP contribution >= 0.6 is 0 Å². The van der Waals surface area contributed by atoms with Crippen LogP contribution < -0.4 is 5.32 Å². The van der Waals surface area contributed by atoms with E-state index in [0.717, 1.165) is 22.3 Å². The third-order valence-electron chi connectivity index (χ3n) is 6.75. The quantitative estimate of drug-likeness (QED) is 0.565. The average Bonchev–Trinajstić information content (AvgIpc) is 3.45. The van der Waals surface area contributed by atoms with Crippen molar-refractivity contribution in [3.8, 4) is 11.1 Å². The van der Waals surface area contributed by atoms with E-state index >= 15 is 0 Å². The lowest BCUT2D eigenvalue weighted by Crippen LogP contribution is -2.43. The van der Waals surface area contributed by atoms with Crippen LogP contribution in [0.1, 0.15) is 29.9 Å². The fraction of sp³-hybridized carbons (Fsp3) is 0.423. The molecule has 0 radical (unpaired) electrons. The van der Waals surface area contributed by atoms with E-state index in [1.165, 1.54) is 19.1 Å². The summed E-state index contributed by atoms with van der Waals surface area (Å²) in [6.45, 7) is 0.448. The molecule has 0 bridgehead atoms. The van der Waals surface area contributed by atoms with Crippen LogP contribution in [0.5, 0.6) is 0 Å². The first-order valence-electron chi connectivity index (χ1n) is 11.6. The fourth-order valence-electron chi connectivity index (χ4n) is 4.88. The van der Waals surface area contributed by atoms with Crippen LogP contribution in [-0.2, 0) is 23.8 Å². The van der Waals surface area contributed by atoms with Crippen molar-refractivity contribution >= 4 is 18.0 Å². The number of carbonyl (C=O) groups is 3. The summed E-state index contributed by atoms with van der Waals surface area (Å²) in [6, 6.07) is 15.2. The Morgan fingerprint density at radius 1 is 1.06 bits per heavy atom. The maximum Gasteiger partial charge on any atom is 0.407 e.